The Hall–Kier alpha value is -0.550. The second-order valence-electron chi connectivity index (χ2n) is 7.57. The Labute approximate surface area is 138 Å². The van der Waals surface area contributed by atoms with Gasteiger partial charge in [0, 0.05) is 27.7 Å². The van der Waals surface area contributed by atoms with Crippen molar-refractivity contribution in [1.82, 2.24) is 0 Å². The van der Waals surface area contributed by atoms with E-state index in [9.17, 15) is 0 Å². The van der Waals surface area contributed by atoms with Crippen LogP contribution in [0.5, 0.6) is 0 Å². The normalized spacial score (nSPS) is 21.2. The molecule has 3 rings (SSSR count). The number of anilines is 1. The van der Waals surface area contributed by atoms with Crippen molar-refractivity contribution in [1.29, 1.82) is 0 Å². The van der Waals surface area contributed by atoms with E-state index in [-0.39, 0.29) is 7.92 Å². The van der Waals surface area contributed by atoms with Crippen molar-refractivity contribution in [3.63, 3.8) is 0 Å². The molecule has 0 spiro atoms. The third-order valence-electron chi connectivity index (χ3n) is 5.81. The fourth-order valence-corrected chi connectivity index (χ4v) is 8.81. The lowest BCUT2D eigenvalue weighted by atomic mass is 9.99. The molecule has 1 aromatic carbocycles. The van der Waals surface area contributed by atoms with Crippen LogP contribution >= 0.6 is 7.92 Å². The Bertz CT molecular complexity index is 423. The monoisotopic (exact) mass is 318 g/mol. The number of hydrogen-bond donors (Lipinski definition) is 0. The maximum atomic E-state index is 2.48. The van der Waals surface area contributed by atoms with Crippen LogP contribution in [0.2, 0.25) is 0 Å². The molecule has 0 N–H and O–H groups in total. The molecule has 0 saturated heterocycles. The zero-order valence-electron chi connectivity index (χ0n) is 14.5. The summed E-state index contributed by atoms with van der Waals surface area (Å²) in [5.74, 6) is 0. The summed E-state index contributed by atoms with van der Waals surface area (Å²) in [6, 6.07) is 9.66. The Kier molecular flexibility index (Phi) is 5.80. The summed E-state index contributed by atoms with van der Waals surface area (Å²) < 4.78 is 0. The smallest absolute Gasteiger partial charge is 0.0922 e. The van der Waals surface area contributed by atoms with Gasteiger partial charge >= 0.3 is 0 Å². The van der Waals surface area contributed by atoms with Crippen LogP contribution in [0.15, 0.2) is 24.3 Å². The molecule has 0 radical (unpaired) electrons. The molecule has 0 heterocycles. The minimum absolute atomic E-state index is 0.384. The molecular formula is C20H33NP+. The molecule has 2 fully saturated rings. The van der Waals surface area contributed by atoms with Gasteiger partial charge in [-0.25, -0.2) is 0 Å². The van der Waals surface area contributed by atoms with Gasteiger partial charge < -0.3 is 4.90 Å². The first kappa shape index (κ1) is 16.3. The minimum Gasteiger partial charge on any atom is -0.378 e. The van der Waals surface area contributed by atoms with Crippen LogP contribution in [-0.2, 0) is 0 Å². The number of nitrogens with zero attached hydrogens (tertiary/aromatic N) is 1. The third kappa shape index (κ3) is 3.85. The van der Waals surface area contributed by atoms with E-state index in [1.54, 1.807) is 5.30 Å². The molecule has 122 valence electrons. The summed E-state index contributed by atoms with van der Waals surface area (Å²) in [5, 5.41) is 1.73. The van der Waals surface area contributed by atoms with Crippen molar-refractivity contribution in [3.05, 3.63) is 24.3 Å². The first-order chi connectivity index (χ1) is 10.8. The van der Waals surface area contributed by atoms with Gasteiger partial charge in [0.1, 0.15) is 0 Å². The Balaban J connectivity index is 1.82. The van der Waals surface area contributed by atoms with E-state index in [0.29, 0.717) is 0 Å². The van der Waals surface area contributed by atoms with Crippen molar-refractivity contribution in [2.75, 3.05) is 19.0 Å². The van der Waals surface area contributed by atoms with E-state index >= 15 is 0 Å². The van der Waals surface area contributed by atoms with Crippen LogP contribution in [0.3, 0.4) is 0 Å². The highest BCUT2D eigenvalue weighted by Crippen LogP contribution is 2.54. The predicted molar refractivity (Wildman–Crippen MR) is 102 cm³/mol. The van der Waals surface area contributed by atoms with E-state index < -0.39 is 0 Å². The lowest BCUT2D eigenvalue weighted by molar-refractivity contribution is 0.487. The molecule has 0 atom stereocenters. The van der Waals surface area contributed by atoms with Gasteiger partial charge in [-0.05, 0) is 75.6 Å². The molecule has 0 unspecified atom stereocenters. The summed E-state index contributed by atoms with van der Waals surface area (Å²) in [5.41, 5.74) is 3.44. The standard InChI is InChI=1S/C20H32NP/c1-21(2)17-13-15-20(16-14-17)22(18-9-5-3-6-10-18)19-11-7-4-8-12-19/h13-16,18-19H,3-12H2,1-2H3/p+1. The average Bonchev–Trinajstić information content (AvgIpc) is 2.57. The van der Waals surface area contributed by atoms with Crippen LogP contribution in [0.4, 0.5) is 5.69 Å². The molecule has 0 aromatic heterocycles. The van der Waals surface area contributed by atoms with Crippen LogP contribution in [0, 0.1) is 0 Å². The summed E-state index contributed by atoms with van der Waals surface area (Å²) in [7, 11) is 3.90. The van der Waals surface area contributed by atoms with E-state index in [4.69, 9.17) is 0 Å². The van der Waals surface area contributed by atoms with Crippen LogP contribution in [0.25, 0.3) is 0 Å². The van der Waals surface area contributed by atoms with Gasteiger partial charge in [-0.1, -0.05) is 12.8 Å². The zero-order chi connectivity index (χ0) is 15.4. The van der Waals surface area contributed by atoms with E-state index in [1.807, 2.05) is 0 Å². The lowest BCUT2D eigenvalue weighted by Gasteiger charge is -2.32. The number of hydrogen-bond acceptors (Lipinski definition) is 1. The van der Waals surface area contributed by atoms with Crippen molar-refractivity contribution in [3.8, 4) is 0 Å². The Morgan fingerprint density at radius 1 is 0.727 bits per heavy atom. The highest BCUT2D eigenvalue weighted by Gasteiger charge is 2.38. The van der Waals surface area contributed by atoms with Crippen molar-refractivity contribution in [2.45, 2.75) is 75.5 Å². The second-order valence-corrected chi connectivity index (χ2v) is 10.7. The predicted octanol–water partition coefficient (Wildman–Crippen LogP) is 5.26. The third-order valence-corrected chi connectivity index (χ3v) is 9.72. The van der Waals surface area contributed by atoms with E-state index in [1.165, 1.54) is 69.9 Å². The van der Waals surface area contributed by atoms with Crippen LogP contribution < -0.4 is 10.2 Å². The number of rotatable bonds is 4. The van der Waals surface area contributed by atoms with Gasteiger partial charge in [0.05, 0.1) is 16.6 Å². The summed E-state index contributed by atoms with van der Waals surface area (Å²) in [4.78, 5) is 2.22. The van der Waals surface area contributed by atoms with E-state index in [2.05, 4.69) is 43.3 Å². The van der Waals surface area contributed by atoms with Crippen molar-refractivity contribution in [2.24, 2.45) is 0 Å². The van der Waals surface area contributed by atoms with Gasteiger partial charge in [-0.2, -0.15) is 0 Å². The van der Waals surface area contributed by atoms with E-state index in [0.717, 1.165) is 11.3 Å². The molecule has 1 nitrogen and oxygen atoms in total. The topological polar surface area (TPSA) is 3.24 Å². The highest BCUT2D eigenvalue weighted by atomic mass is 31.1. The largest absolute Gasteiger partial charge is 0.378 e. The van der Waals surface area contributed by atoms with Crippen LogP contribution in [0.1, 0.15) is 64.2 Å². The fourth-order valence-electron chi connectivity index (χ4n) is 4.58. The van der Waals surface area contributed by atoms with Crippen molar-refractivity contribution < 1.29 is 0 Å². The first-order valence-corrected chi connectivity index (χ1v) is 11.1. The summed E-state index contributed by atoms with van der Waals surface area (Å²) in [6.07, 6.45) is 15.0. The molecule has 0 aliphatic heterocycles. The maximum absolute atomic E-state index is 2.48. The van der Waals surface area contributed by atoms with Gasteiger partial charge in [0.15, 0.2) is 0 Å². The molecule has 2 saturated carbocycles. The average molecular weight is 318 g/mol. The molecule has 1 aromatic rings. The summed E-state index contributed by atoms with van der Waals surface area (Å²) in [6.45, 7) is 0. The highest BCUT2D eigenvalue weighted by molar-refractivity contribution is 7.67. The lowest BCUT2D eigenvalue weighted by Crippen LogP contribution is -2.26. The molecule has 2 heteroatoms. The maximum Gasteiger partial charge on any atom is 0.0922 e. The van der Waals surface area contributed by atoms with Gasteiger partial charge in [0.25, 0.3) is 0 Å². The molecule has 2 aliphatic carbocycles. The first-order valence-electron chi connectivity index (χ1n) is 9.40. The van der Waals surface area contributed by atoms with Gasteiger partial charge in [0.2, 0.25) is 0 Å². The number of benzene rings is 1. The molecule has 2 aliphatic rings. The molecule has 0 amide bonds. The van der Waals surface area contributed by atoms with Gasteiger partial charge in [-0.3, -0.25) is 0 Å². The Morgan fingerprint density at radius 3 is 1.59 bits per heavy atom. The molecule has 0 bridgehead atoms. The van der Waals surface area contributed by atoms with Crippen LogP contribution in [-0.4, -0.2) is 25.4 Å². The quantitative estimate of drug-likeness (QED) is 0.685. The van der Waals surface area contributed by atoms with Crippen molar-refractivity contribution >= 4 is 18.9 Å². The summed E-state index contributed by atoms with van der Waals surface area (Å²) >= 11 is 0. The fraction of sp³-hybridized carbons (Fsp3) is 0.700. The zero-order valence-corrected chi connectivity index (χ0v) is 15.5. The minimum atomic E-state index is -0.384. The molecular weight excluding hydrogens is 285 g/mol. The van der Waals surface area contributed by atoms with Gasteiger partial charge in [-0.15, -0.1) is 0 Å². The second kappa shape index (κ2) is 7.82. The SMILES string of the molecule is CN(C)c1ccc([PH+](C2CCCCC2)C2CCCCC2)cc1. The molecule has 22 heavy (non-hydrogen) atoms. The Morgan fingerprint density at radius 2 is 1.18 bits per heavy atom.